The second-order valence-corrected chi connectivity index (χ2v) is 9.73. The highest BCUT2D eigenvalue weighted by atomic mass is 32.2. The molecule has 33 heavy (non-hydrogen) atoms. The number of ether oxygens (including phenoxy) is 3. The fourth-order valence-corrected chi connectivity index (χ4v) is 4.79. The van der Waals surface area contributed by atoms with Gasteiger partial charge in [-0.05, 0) is 38.7 Å². The average molecular weight is 482 g/mol. The lowest BCUT2D eigenvalue weighted by Crippen LogP contribution is -2.47. The first kappa shape index (κ1) is 24.1. The molecule has 0 aliphatic carbocycles. The van der Waals surface area contributed by atoms with Gasteiger partial charge in [-0.15, -0.1) is 0 Å². The van der Waals surface area contributed by atoms with Gasteiger partial charge in [0.25, 0.3) is 5.91 Å². The van der Waals surface area contributed by atoms with Crippen molar-refractivity contribution >= 4 is 34.7 Å². The third kappa shape index (κ3) is 5.08. The predicted octanol–water partition coefficient (Wildman–Crippen LogP) is 0.384. The van der Waals surface area contributed by atoms with Gasteiger partial charge in [0.05, 0.1) is 25.0 Å². The highest BCUT2D eigenvalue weighted by Gasteiger charge is 2.55. The highest BCUT2D eigenvalue weighted by Crippen LogP contribution is 2.40. The van der Waals surface area contributed by atoms with Crippen LogP contribution in [0.2, 0.25) is 0 Å². The van der Waals surface area contributed by atoms with E-state index in [1.165, 1.54) is 6.33 Å². The van der Waals surface area contributed by atoms with Gasteiger partial charge < -0.3 is 30.2 Å². The Kier molecular flexibility index (Phi) is 7.07. The predicted molar refractivity (Wildman–Crippen MR) is 121 cm³/mol. The van der Waals surface area contributed by atoms with Crippen molar-refractivity contribution in [2.45, 2.75) is 69.5 Å². The molecule has 0 saturated carbocycles. The average Bonchev–Trinajstić information content (AvgIpc) is 3.42. The van der Waals surface area contributed by atoms with Crippen LogP contribution in [0, 0.1) is 0 Å². The maximum absolute atomic E-state index is 12.5. The van der Waals surface area contributed by atoms with Crippen LogP contribution in [-0.4, -0.2) is 90.5 Å². The Morgan fingerprint density at radius 3 is 2.76 bits per heavy atom. The monoisotopic (exact) mass is 481 g/mol. The number of nitrogen functional groups attached to an aromatic ring is 1. The molecular formula is C20H31N7O5S. The first-order valence-electron chi connectivity index (χ1n) is 10.9. The molecule has 0 bridgehead atoms. The van der Waals surface area contributed by atoms with E-state index < -0.39 is 29.9 Å². The Balaban J connectivity index is 1.43. The smallest absolute Gasteiger partial charge is 0.262 e. The molecule has 2 saturated heterocycles. The number of anilines is 1. The number of amides is 1. The molecule has 0 unspecified atom stereocenters. The minimum absolute atomic E-state index is 0.0549. The zero-order valence-electron chi connectivity index (χ0n) is 19.0. The summed E-state index contributed by atoms with van der Waals surface area (Å²) in [4.78, 5) is 25.0. The van der Waals surface area contributed by atoms with E-state index in [0.29, 0.717) is 41.4 Å². The van der Waals surface area contributed by atoms with Crippen LogP contribution in [0.25, 0.3) is 11.2 Å². The third-order valence-electron chi connectivity index (χ3n) is 5.89. The second-order valence-electron chi connectivity index (χ2n) is 8.74. The summed E-state index contributed by atoms with van der Waals surface area (Å²) in [5.74, 6) is -0.266. The topological polar surface area (TPSA) is 164 Å². The third-order valence-corrected chi connectivity index (χ3v) is 6.53. The van der Waals surface area contributed by atoms with Crippen molar-refractivity contribution in [3.8, 4) is 0 Å². The molecule has 4 rings (SSSR count). The number of nitrogens with two attached hydrogens (primary N) is 2. The minimum atomic E-state index is -0.794. The van der Waals surface area contributed by atoms with Crippen LogP contribution in [0.4, 0.5) is 5.82 Å². The van der Waals surface area contributed by atoms with Gasteiger partial charge in [-0.1, -0.05) is 0 Å². The summed E-state index contributed by atoms with van der Waals surface area (Å²) < 4.78 is 20.2. The van der Waals surface area contributed by atoms with Crippen molar-refractivity contribution in [3.63, 3.8) is 0 Å². The van der Waals surface area contributed by atoms with Crippen molar-refractivity contribution in [2.24, 2.45) is 5.73 Å². The number of hydrogen-bond acceptors (Lipinski definition) is 11. The van der Waals surface area contributed by atoms with E-state index >= 15 is 0 Å². The van der Waals surface area contributed by atoms with Gasteiger partial charge in [-0.2, -0.15) is 11.8 Å². The van der Waals surface area contributed by atoms with Crippen molar-refractivity contribution in [2.75, 3.05) is 24.3 Å². The lowest BCUT2D eigenvalue weighted by atomic mass is 10.1. The van der Waals surface area contributed by atoms with Crippen LogP contribution in [0.3, 0.4) is 0 Å². The van der Waals surface area contributed by atoms with Crippen molar-refractivity contribution in [1.29, 1.82) is 0 Å². The standard InChI is InChI=1S/C20H31N7O5S/c1-20(2)31-15-12(4-6-26-10-25-14-17(22)23-9-24-18(14)26)30-13(16(15)32-20)8-27(29)19(28)11(21)5-7-33-3/h9-13,15-16,29H,4-8,21H2,1-3H3,(H2,22,23,24)/t11-,12-,13+,15-,16+/m0/s1. The van der Waals surface area contributed by atoms with Crippen LogP contribution >= 0.6 is 11.8 Å². The molecular weight excluding hydrogens is 450 g/mol. The SMILES string of the molecule is CSCC[C@H](N)C(=O)N(O)C[C@H]1O[C@@H](CCn2cnc3c(N)ncnc32)[C@@H]2OC(C)(C)O[C@@H]21. The Morgan fingerprint density at radius 2 is 2.03 bits per heavy atom. The Hall–Kier alpha value is -2.03. The molecule has 2 aliphatic heterocycles. The van der Waals surface area contributed by atoms with Gasteiger partial charge in [0.2, 0.25) is 0 Å². The number of hydroxylamine groups is 2. The maximum Gasteiger partial charge on any atom is 0.262 e. The van der Waals surface area contributed by atoms with Crippen LogP contribution in [0.15, 0.2) is 12.7 Å². The van der Waals surface area contributed by atoms with Crippen molar-refractivity contribution in [3.05, 3.63) is 12.7 Å². The molecule has 0 radical (unpaired) electrons. The van der Waals surface area contributed by atoms with E-state index in [-0.39, 0.29) is 18.8 Å². The number of aromatic nitrogens is 4. The summed E-state index contributed by atoms with van der Waals surface area (Å²) in [5, 5.41) is 11.0. The van der Waals surface area contributed by atoms with Gasteiger partial charge >= 0.3 is 0 Å². The first-order chi connectivity index (χ1) is 15.7. The van der Waals surface area contributed by atoms with Crippen LogP contribution in [-0.2, 0) is 25.5 Å². The number of thioether (sulfide) groups is 1. The number of carbonyl (C=O) groups excluding carboxylic acids is 1. The molecule has 2 aromatic rings. The Morgan fingerprint density at radius 1 is 1.30 bits per heavy atom. The van der Waals surface area contributed by atoms with E-state index in [9.17, 15) is 10.0 Å². The summed E-state index contributed by atoms with van der Waals surface area (Å²) in [6.07, 6.45) is 4.44. The van der Waals surface area contributed by atoms with E-state index in [2.05, 4.69) is 15.0 Å². The molecule has 5 atom stereocenters. The zero-order valence-corrected chi connectivity index (χ0v) is 19.8. The van der Waals surface area contributed by atoms with E-state index in [1.807, 2.05) is 24.7 Å². The van der Waals surface area contributed by atoms with Gasteiger partial charge in [0.15, 0.2) is 17.3 Å². The van der Waals surface area contributed by atoms with Gasteiger partial charge in [-0.25, -0.2) is 20.0 Å². The Labute approximate surface area is 195 Å². The first-order valence-corrected chi connectivity index (χ1v) is 12.3. The summed E-state index contributed by atoms with van der Waals surface area (Å²) >= 11 is 1.60. The molecule has 2 fully saturated rings. The molecule has 13 heteroatoms. The molecule has 1 amide bonds. The summed E-state index contributed by atoms with van der Waals surface area (Å²) in [5.41, 5.74) is 13.0. The van der Waals surface area contributed by atoms with Crippen molar-refractivity contribution < 1.29 is 24.2 Å². The summed E-state index contributed by atoms with van der Waals surface area (Å²) in [6, 6.07) is -0.767. The lowest BCUT2D eigenvalue weighted by Gasteiger charge is -2.27. The number of carbonyl (C=O) groups is 1. The molecule has 12 nitrogen and oxygen atoms in total. The fourth-order valence-electron chi connectivity index (χ4n) is 4.30. The molecule has 2 aliphatic rings. The second kappa shape index (κ2) is 9.68. The van der Waals surface area contributed by atoms with Crippen LogP contribution < -0.4 is 11.5 Å². The van der Waals surface area contributed by atoms with E-state index in [1.54, 1.807) is 18.1 Å². The van der Waals surface area contributed by atoms with Gasteiger partial charge in [-0.3, -0.25) is 10.0 Å². The summed E-state index contributed by atoms with van der Waals surface area (Å²) in [7, 11) is 0. The van der Waals surface area contributed by atoms with Crippen molar-refractivity contribution in [1.82, 2.24) is 24.6 Å². The van der Waals surface area contributed by atoms with Crippen LogP contribution in [0.5, 0.6) is 0 Å². The number of rotatable bonds is 9. The molecule has 182 valence electrons. The fraction of sp³-hybridized carbons (Fsp3) is 0.700. The number of nitrogens with zero attached hydrogens (tertiary/aromatic N) is 5. The summed E-state index contributed by atoms with van der Waals surface area (Å²) in [6.45, 7) is 4.17. The zero-order chi connectivity index (χ0) is 23.8. The van der Waals surface area contributed by atoms with Crippen LogP contribution in [0.1, 0.15) is 26.7 Å². The minimum Gasteiger partial charge on any atom is -0.382 e. The molecule has 0 aromatic carbocycles. The molecule has 5 N–H and O–H groups in total. The number of imidazole rings is 1. The largest absolute Gasteiger partial charge is 0.382 e. The quantitative estimate of drug-likeness (QED) is 0.335. The van der Waals surface area contributed by atoms with Gasteiger partial charge in [0.1, 0.15) is 30.2 Å². The maximum atomic E-state index is 12.5. The molecule has 0 spiro atoms. The van der Waals surface area contributed by atoms with E-state index in [4.69, 9.17) is 25.7 Å². The molecule has 4 heterocycles. The number of aryl methyl sites for hydroxylation is 1. The van der Waals surface area contributed by atoms with Gasteiger partial charge in [0, 0.05) is 6.54 Å². The number of fused-ring (bicyclic) bond motifs is 2. The lowest BCUT2D eigenvalue weighted by molar-refractivity contribution is -0.202. The highest BCUT2D eigenvalue weighted by molar-refractivity contribution is 7.98. The molecule has 2 aromatic heterocycles. The normalized spacial score (nSPS) is 27.1. The Bertz CT molecular complexity index is 989. The van der Waals surface area contributed by atoms with E-state index in [0.717, 1.165) is 5.75 Å². The number of hydrogen-bond donors (Lipinski definition) is 3.